The molecule has 0 radical (unpaired) electrons. The van der Waals surface area contributed by atoms with Crippen molar-refractivity contribution in [3.63, 3.8) is 0 Å². The van der Waals surface area contributed by atoms with E-state index in [1.165, 1.54) is 32.4 Å². The second kappa shape index (κ2) is 5.21. The molecule has 0 aliphatic carbocycles. The van der Waals surface area contributed by atoms with E-state index in [-0.39, 0.29) is 11.3 Å². The van der Waals surface area contributed by atoms with Crippen molar-refractivity contribution in [2.75, 3.05) is 14.2 Å². The number of sulfonamides is 1. The molecule has 0 spiro atoms. The first kappa shape index (κ1) is 13.6. The van der Waals surface area contributed by atoms with Crippen LogP contribution in [0.25, 0.3) is 0 Å². The Labute approximate surface area is 98.8 Å². The second-order valence-corrected chi connectivity index (χ2v) is 5.20. The van der Waals surface area contributed by atoms with Crippen molar-refractivity contribution in [2.45, 2.75) is 5.75 Å². The molecule has 8 heteroatoms. The molecule has 0 saturated heterocycles. The van der Waals surface area contributed by atoms with Gasteiger partial charge in [-0.05, 0) is 0 Å². The standard InChI is InChI=1S/C9H12N2O5S/c1-10(16-2)17(14,15)7-8-5-3-4-6-9(8)11(12)13/h3-6H,7H2,1-2H3. The molecule has 0 bridgehead atoms. The molecular formula is C9H12N2O5S. The van der Waals surface area contributed by atoms with Gasteiger partial charge in [-0.2, -0.15) is 0 Å². The molecule has 0 fully saturated rings. The molecule has 94 valence electrons. The normalized spacial score (nSPS) is 11.7. The fourth-order valence-corrected chi connectivity index (χ4v) is 2.26. The maximum absolute atomic E-state index is 11.7. The van der Waals surface area contributed by atoms with E-state index >= 15 is 0 Å². The Bertz CT molecular complexity index is 514. The van der Waals surface area contributed by atoms with E-state index in [1.54, 1.807) is 6.07 Å². The first-order valence-electron chi connectivity index (χ1n) is 4.61. The summed E-state index contributed by atoms with van der Waals surface area (Å²) in [6.07, 6.45) is 0. The van der Waals surface area contributed by atoms with Crippen LogP contribution in [0, 0.1) is 10.1 Å². The molecule has 1 rings (SSSR count). The van der Waals surface area contributed by atoms with Gasteiger partial charge < -0.3 is 0 Å². The van der Waals surface area contributed by atoms with E-state index in [0.29, 0.717) is 4.47 Å². The molecular weight excluding hydrogens is 248 g/mol. The highest BCUT2D eigenvalue weighted by Gasteiger charge is 2.23. The average molecular weight is 260 g/mol. The fraction of sp³-hybridized carbons (Fsp3) is 0.333. The lowest BCUT2D eigenvalue weighted by Crippen LogP contribution is -2.27. The highest BCUT2D eigenvalue weighted by molar-refractivity contribution is 7.88. The van der Waals surface area contributed by atoms with Gasteiger partial charge >= 0.3 is 0 Å². The smallest absolute Gasteiger partial charge is 0.273 e. The van der Waals surface area contributed by atoms with Gasteiger partial charge in [-0.25, -0.2) is 8.42 Å². The van der Waals surface area contributed by atoms with Crippen molar-refractivity contribution in [1.29, 1.82) is 0 Å². The van der Waals surface area contributed by atoms with E-state index in [1.807, 2.05) is 0 Å². The number of nitro groups is 1. The van der Waals surface area contributed by atoms with E-state index in [9.17, 15) is 18.5 Å². The molecule has 0 saturated carbocycles. The first-order valence-corrected chi connectivity index (χ1v) is 6.22. The van der Waals surface area contributed by atoms with Crippen LogP contribution in [0.2, 0.25) is 0 Å². The maximum Gasteiger partial charge on any atom is 0.273 e. The topological polar surface area (TPSA) is 89.8 Å². The summed E-state index contributed by atoms with van der Waals surface area (Å²) in [5.41, 5.74) is -0.0954. The lowest BCUT2D eigenvalue weighted by molar-refractivity contribution is -0.385. The highest BCUT2D eigenvalue weighted by atomic mass is 32.2. The third kappa shape index (κ3) is 3.22. The summed E-state index contributed by atoms with van der Waals surface area (Å²) in [7, 11) is -1.28. The van der Waals surface area contributed by atoms with E-state index < -0.39 is 20.7 Å². The van der Waals surface area contributed by atoms with E-state index in [4.69, 9.17) is 0 Å². The summed E-state index contributed by atoms with van der Waals surface area (Å²) in [5.74, 6) is -0.478. The average Bonchev–Trinajstić information content (AvgIpc) is 2.27. The van der Waals surface area contributed by atoms with Gasteiger partial charge in [-0.3, -0.25) is 15.0 Å². The predicted octanol–water partition coefficient (Wildman–Crippen LogP) is 0.918. The van der Waals surface area contributed by atoms with Crippen molar-refractivity contribution in [3.8, 4) is 0 Å². The number of hydrogen-bond acceptors (Lipinski definition) is 5. The van der Waals surface area contributed by atoms with Crippen LogP contribution in [-0.4, -0.2) is 32.0 Å². The van der Waals surface area contributed by atoms with Crippen molar-refractivity contribution in [3.05, 3.63) is 39.9 Å². The SMILES string of the molecule is CON(C)S(=O)(=O)Cc1ccccc1[N+](=O)[O-]. The van der Waals surface area contributed by atoms with Gasteiger partial charge in [0.05, 0.1) is 17.8 Å². The summed E-state index contributed by atoms with van der Waals surface area (Å²) in [4.78, 5) is 14.7. The quantitative estimate of drug-likeness (QED) is 0.580. The van der Waals surface area contributed by atoms with Crippen LogP contribution < -0.4 is 0 Å². The van der Waals surface area contributed by atoms with Gasteiger partial charge in [0.1, 0.15) is 0 Å². The molecule has 7 nitrogen and oxygen atoms in total. The van der Waals surface area contributed by atoms with Gasteiger partial charge in [0.25, 0.3) is 5.69 Å². The lowest BCUT2D eigenvalue weighted by atomic mass is 10.2. The molecule has 0 aliphatic rings. The van der Waals surface area contributed by atoms with Crippen molar-refractivity contribution < 1.29 is 18.2 Å². The molecule has 17 heavy (non-hydrogen) atoms. The molecule has 0 atom stereocenters. The van der Waals surface area contributed by atoms with Gasteiger partial charge in [0, 0.05) is 18.7 Å². The molecule has 0 aliphatic heterocycles. The van der Waals surface area contributed by atoms with Crippen LogP contribution in [0.3, 0.4) is 0 Å². The van der Waals surface area contributed by atoms with Crippen molar-refractivity contribution in [2.24, 2.45) is 0 Å². The summed E-state index contributed by atoms with van der Waals surface area (Å²) >= 11 is 0. The molecule has 0 unspecified atom stereocenters. The second-order valence-electron chi connectivity index (χ2n) is 3.23. The number of nitro benzene ring substituents is 1. The number of hydroxylamine groups is 1. The Morgan fingerprint density at radius 3 is 2.53 bits per heavy atom. The highest BCUT2D eigenvalue weighted by Crippen LogP contribution is 2.21. The van der Waals surface area contributed by atoms with Crippen molar-refractivity contribution >= 4 is 15.7 Å². The molecule has 0 amide bonds. The number of hydrogen-bond donors (Lipinski definition) is 0. The molecule has 0 aromatic heterocycles. The Hall–Kier alpha value is -1.51. The molecule has 0 N–H and O–H groups in total. The molecule has 0 heterocycles. The first-order chi connectivity index (χ1) is 7.88. The predicted molar refractivity (Wildman–Crippen MR) is 60.5 cm³/mol. The van der Waals surface area contributed by atoms with Crippen LogP contribution in [0.15, 0.2) is 24.3 Å². The van der Waals surface area contributed by atoms with Crippen LogP contribution in [-0.2, 0) is 20.6 Å². The van der Waals surface area contributed by atoms with Crippen LogP contribution in [0.4, 0.5) is 5.69 Å². The van der Waals surface area contributed by atoms with E-state index in [0.717, 1.165) is 0 Å². The Morgan fingerprint density at radius 2 is 2.00 bits per heavy atom. The Balaban J connectivity index is 3.08. The zero-order valence-electron chi connectivity index (χ0n) is 9.36. The zero-order valence-corrected chi connectivity index (χ0v) is 10.2. The summed E-state index contributed by atoms with van der Waals surface area (Å²) in [6.45, 7) is 0. The molecule has 1 aromatic rings. The number of para-hydroxylation sites is 1. The van der Waals surface area contributed by atoms with Gasteiger partial charge in [0.15, 0.2) is 0 Å². The Kier molecular flexibility index (Phi) is 4.16. The monoisotopic (exact) mass is 260 g/mol. The minimum absolute atomic E-state index is 0.126. The number of rotatable bonds is 5. The minimum atomic E-state index is -3.71. The third-order valence-electron chi connectivity index (χ3n) is 2.18. The van der Waals surface area contributed by atoms with Gasteiger partial charge in [-0.1, -0.05) is 22.7 Å². The van der Waals surface area contributed by atoms with Gasteiger partial charge in [0.2, 0.25) is 10.0 Å². The minimum Gasteiger partial charge on any atom is -0.288 e. The largest absolute Gasteiger partial charge is 0.288 e. The third-order valence-corrected chi connectivity index (χ3v) is 3.78. The van der Waals surface area contributed by atoms with Crippen LogP contribution in [0.1, 0.15) is 5.56 Å². The number of benzene rings is 1. The Morgan fingerprint density at radius 1 is 1.41 bits per heavy atom. The zero-order chi connectivity index (χ0) is 13.1. The number of nitrogens with zero attached hydrogens (tertiary/aromatic N) is 2. The van der Waals surface area contributed by atoms with Gasteiger partial charge in [-0.15, -0.1) is 0 Å². The summed E-state index contributed by atoms with van der Waals surface area (Å²) in [6, 6.07) is 5.69. The summed E-state index contributed by atoms with van der Waals surface area (Å²) < 4.78 is 24.0. The van der Waals surface area contributed by atoms with E-state index in [2.05, 4.69) is 4.84 Å². The summed E-state index contributed by atoms with van der Waals surface area (Å²) in [5, 5.41) is 10.7. The van der Waals surface area contributed by atoms with Crippen LogP contribution >= 0.6 is 0 Å². The maximum atomic E-state index is 11.7. The molecule has 1 aromatic carbocycles. The van der Waals surface area contributed by atoms with Crippen molar-refractivity contribution in [1.82, 2.24) is 4.47 Å². The lowest BCUT2D eigenvalue weighted by Gasteiger charge is -2.13. The fourth-order valence-electron chi connectivity index (χ4n) is 1.21. The van der Waals surface area contributed by atoms with Crippen LogP contribution in [0.5, 0.6) is 0 Å².